The number of thiocarbonyl (C=S) groups is 2. The Labute approximate surface area is 147 Å². The van der Waals surface area contributed by atoms with Gasteiger partial charge in [0.05, 0.1) is 12.7 Å². The number of ether oxygens (including phenoxy) is 2. The van der Waals surface area contributed by atoms with Gasteiger partial charge in [-0.3, -0.25) is 10.9 Å². The first-order chi connectivity index (χ1) is 11.2. The monoisotopic (exact) mass is 354 g/mol. The highest BCUT2D eigenvalue weighted by atomic mass is 32.1. The third-order valence-electron chi connectivity index (χ3n) is 3.23. The highest BCUT2D eigenvalue weighted by Crippen LogP contribution is 2.15. The van der Waals surface area contributed by atoms with Gasteiger partial charge >= 0.3 is 0 Å². The van der Waals surface area contributed by atoms with Crippen LogP contribution in [0.3, 0.4) is 0 Å². The van der Waals surface area contributed by atoms with Crippen molar-refractivity contribution in [2.75, 3.05) is 25.1 Å². The Bertz CT molecular complexity index is 519. The molecule has 0 bridgehead atoms. The largest absolute Gasteiger partial charge is 0.494 e. The lowest BCUT2D eigenvalue weighted by Gasteiger charge is -2.16. The van der Waals surface area contributed by atoms with Crippen molar-refractivity contribution in [3.63, 3.8) is 0 Å². The fourth-order valence-corrected chi connectivity index (χ4v) is 2.44. The number of benzene rings is 1. The number of nitrogens with one attached hydrogen (secondary N) is 4. The molecule has 0 aliphatic carbocycles. The standard InChI is InChI=1S/C15H22N4O2S2/c1-2-20-12-7-5-11(6-8-12)17-15(23)19-18-14(22)16-10-13-4-3-9-21-13/h5-8,13H,2-4,9-10H2,1H3,(H2,16,18,22)(H2,17,19,23)/t13-/m0/s1. The summed E-state index contributed by atoms with van der Waals surface area (Å²) >= 11 is 10.4. The van der Waals surface area contributed by atoms with Gasteiger partial charge in [-0.25, -0.2) is 0 Å². The lowest BCUT2D eigenvalue weighted by molar-refractivity contribution is 0.114. The summed E-state index contributed by atoms with van der Waals surface area (Å²) in [6, 6.07) is 7.56. The van der Waals surface area contributed by atoms with Crippen molar-refractivity contribution in [3.8, 4) is 5.75 Å². The van der Waals surface area contributed by atoms with E-state index in [1.807, 2.05) is 31.2 Å². The van der Waals surface area contributed by atoms with Crippen LogP contribution in [0.4, 0.5) is 5.69 Å². The van der Waals surface area contributed by atoms with Crippen molar-refractivity contribution < 1.29 is 9.47 Å². The van der Waals surface area contributed by atoms with Crippen molar-refractivity contribution in [3.05, 3.63) is 24.3 Å². The molecule has 2 rings (SSSR count). The van der Waals surface area contributed by atoms with Gasteiger partial charge in [-0.05, 0) is 68.5 Å². The van der Waals surface area contributed by atoms with Gasteiger partial charge in [0.2, 0.25) is 0 Å². The second-order valence-electron chi connectivity index (χ2n) is 5.01. The smallest absolute Gasteiger partial charge is 0.189 e. The van der Waals surface area contributed by atoms with Crippen molar-refractivity contribution in [2.24, 2.45) is 0 Å². The first-order valence-corrected chi connectivity index (χ1v) is 8.44. The average molecular weight is 355 g/mol. The van der Waals surface area contributed by atoms with Crippen LogP contribution in [0.2, 0.25) is 0 Å². The molecule has 1 aromatic rings. The highest BCUT2D eigenvalue weighted by molar-refractivity contribution is 7.80. The molecule has 23 heavy (non-hydrogen) atoms. The van der Waals surface area contributed by atoms with E-state index in [0.717, 1.165) is 30.9 Å². The second kappa shape index (κ2) is 9.49. The molecule has 4 N–H and O–H groups in total. The van der Waals surface area contributed by atoms with E-state index in [9.17, 15) is 0 Å². The van der Waals surface area contributed by atoms with Crippen LogP contribution < -0.4 is 26.2 Å². The molecular formula is C15H22N4O2S2. The van der Waals surface area contributed by atoms with Gasteiger partial charge < -0.3 is 20.1 Å². The Hall–Kier alpha value is -1.64. The highest BCUT2D eigenvalue weighted by Gasteiger charge is 2.15. The minimum Gasteiger partial charge on any atom is -0.494 e. The Morgan fingerprint density at radius 3 is 2.61 bits per heavy atom. The average Bonchev–Trinajstić information content (AvgIpc) is 3.06. The Morgan fingerprint density at radius 1 is 1.22 bits per heavy atom. The summed E-state index contributed by atoms with van der Waals surface area (Å²) in [7, 11) is 0. The number of anilines is 1. The van der Waals surface area contributed by atoms with E-state index in [4.69, 9.17) is 33.9 Å². The summed E-state index contributed by atoms with van der Waals surface area (Å²) < 4.78 is 10.9. The van der Waals surface area contributed by atoms with E-state index in [-0.39, 0.29) is 6.10 Å². The zero-order valence-corrected chi connectivity index (χ0v) is 14.7. The maximum Gasteiger partial charge on any atom is 0.189 e. The van der Waals surface area contributed by atoms with Gasteiger partial charge in [0.15, 0.2) is 10.2 Å². The van der Waals surface area contributed by atoms with Gasteiger partial charge in [-0.1, -0.05) is 0 Å². The Kier molecular flexibility index (Phi) is 7.31. The van der Waals surface area contributed by atoms with Gasteiger partial charge in [-0.15, -0.1) is 0 Å². The molecular weight excluding hydrogens is 332 g/mol. The van der Waals surface area contributed by atoms with Crippen LogP contribution in [0, 0.1) is 0 Å². The quantitative estimate of drug-likeness (QED) is 0.473. The predicted octanol–water partition coefficient (Wildman–Crippen LogP) is 1.93. The summed E-state index contributed by atoms with van der Waals surface area (Å²) in [5.74, 6) is 0.828. The Morgan fingerprint density at radius 2 is 1.96 bits per heavy atom. The maximum atomic E-state index is 5.52. The lowest BCUT2D eigenvalue weighted by Crippen LogP contribution is -2.49. The first kappa shape index (κ1) is 17.7. The van der Waals surface area contributed by atoms with Crippen LogP contribution in [-0.4, -0.2) is 36.1 Å². The molecule has 6 nitrogen and oxygen atoms in total. The SMILES string of the molecule is CCOc1ccc(NC(=S)NNC(=S)NC[C@@H]2CCCO2)cc1. The lowest BCUT2D eigenvalue weighted by atomic mass is 10.2. The van der Waals surface area contributed by atoms with Crippen LogP contribution in [0.5, 0.6) is 5.75 Å². The van der Waals surface area contributed by atoms with E-state index < -0.39 is 0 Å². The molecule has 1 saturated heterocycles. The van der Waals surface area contributed by atoms with E-state index >= 15 is 0 Å². The molecule has 1 heterocycles. The summed E-state index contributed by atoms with van der Waals surface area (Å²) in [6.07, 6.45) is 2.42. The zero-order chi connectivity index (χ0) is 16.5. The minimum absolute atomic E-state index is 0.240. The van der Waals surface area contributed by atoms with Gasteiger partial charge in [-0.2, -0.15) is 0 Å². The van der Waals surface area contributed by atoms with Crippen molar-refractivity contribution in [1.82, 2.24) is 16.2 Å². The van der Waals surface area contributed by atoms with E-state index in [2.05, 4.69) is 21.5 Å². The molecule has 0 unspecified atom stereocenters. The molecule has 0 spiro atoms. The van der Waals surface area contributed by atoms with Crippen LogP contribution in [0.25, 0.3) is 0 Å². The minimum atomic E-state index is 0.240. The summed E-state index contributed by atoms with van der Waals surface area (Å²) in [4.78, 5) is 0. The van der Waals surface area contributed by atoms with E-state index in [1.54, 1.807) is 0 Å². The van der Waals surface area contributed by atoms with E-state index in [0.29, 0.717) is 23.4 Å². The molecule has 0 radical (unpaired) electrons. The van der Waals surface area contributed by atoms with Crippen molar-refractivity contribution in [1.29, 1.82) is 0 Å². The molecule has 1 fully saturated rings. The second-order valence-corrected chi connectivity index (χ2v) is 5.82. The third kappa shape index (κ3) is 6.55. The summed E-state index contributed by atoms with van der Waals surface area (Å²) in [6.45, 7) is 4.13. The molecule has 0 saturated carbocycles. The van der Waals surface area contributed by atoms with Crippen LogP contribution >= 0.6 is 24.4 Å². The van der Waals surface area contributed by atoms with Crippen LogP contribution in [-0.2, 0) is 4.74 Å². The molecule has 1 aliphatic rings. The molecule has 0 aromatic heterocycles. The fourth-order valence-electron chi connectivity index (χ4n) is 2.13. The molecule has 126 valence electrons. The van der Waals surface area contributed by atoms with Crippen molar-refractivity contribution in [2.45, 2.75) is 25.9 Å². The summed E-state index contributed by atoms with van der Waals surface area (Å²) in [5.41, 5.74) is 6.55. The molecule has 1 aliphatic heterocycles. The molecule has 1 atom stereocenters. The van der Waals surface area contributed by atoms with E-state index in [1.165, 1.54) is 0 Å². The third-order valence-corrected chi connectivity index (χ3v) is 3.68. The number of rotatable bonds is 5. The number of hydrogen-bond donors (Lipinski definition) is 4. The predicted molar refractivity (Wildman–Crippen MR) is 99.7 cm³/mol. The molecule has 8 heteroatoms. The van der Waals surface area contributed by atoms with Crippen molar-refractivity contribution >= 4 is 40.3 Å². The zero-order valence-electron chi connectivity index (χ0n) is 13.1. The maximum absolute atomic E-state index is 5.52. The normalized spacial score (nSPS) is 16.5. The van der Waals surface area contributed by atoms with Crippen LogP contribution in [0.15, 0.2) is 24.3 Å². The number of hydrogen-bond acceptors (Lipinski definition) is 4. The first-order valence-electron chi connectivity index (χ1n) is 7.62. The topological polar surface area (TPSA) is 66.6 Å². The molecule has 0 amide bonds. The van der Waals surface area contributed by atoms with Crippen LogP contribution in [0.1, 0.15) is 19.8 Å². The fraction of sp³-hybridized carbons (Fsp3) is 0.467. The molecule has 1 aromatic carbocycles. The van der Waals surface area contributed by atoms with Gasteiger partial charge in [0, 0.05) is 18.8 Å². The summed E-state index contributed by atoms with van der Waals surface area (Å²) in [5, 5.41) is 7.06. The van der Waals surface area contributed by atoms with Gasteiger partial charge in [0.1, 0.15) is 5.75 Å². The number of hydrazine groups is 1. The van der Waals surface area contributed by atoms with Gasteiger partial charge in [0.25, 0.3) is 0 Å². The Balaban J connectivity index is 1.64.